The molecule has 0 heterocycles. The van der Waals surface area contributed by atoms with Crippen molar-refractivity contribution < 1.29 is 17.5 Å². The van der Waals surface area contributed by atoms with Crippen molar-refractivity contribution in [3.63, 3.8) is 0 Å². The number of ether oxygens (including phenoxy) is 1. The molecule has 0 spiro atoms. The SMILES string of the molecule is Cc1cc(F)ccc1S(=O)(=O)NCCOc1ccccc1Br. The van der Waals surface area contributed by atoms with E-state index in [1.807, 2.05) is 18.2 Å². The highest BCUT2D eigenvalue weighted by Crippen LogP contribution is 2.23. The van der Waals surface area contributed by atoms with Crippen LogP contribution in [0.1, 0.15) is 5.56 Å². The molecule has 0 saturated heterocycles. The lowest BCUT2D eigenvalue weighted by Crippen LogP contribution is -2.28. The van der Waals surface area contributed by atoms with Gasteiger partial charge in [-0.05, 0) is 58.7 Å². The zero-order chi connectivity index (χ0) is 16.2. The summed E-state index contributed by atoms with van der Waals surface area (Å²) < 4.78 is 46.0. The Hall–Kier alpha value is -1.44. The van der Waals surface area contributed by atoms with E-state index in [0.717, 1.165) is 10.5 Å². The summed E-state index contributed by atoms with van der Waals surface area (Å²) in [6.45, 7) is 1.85. The number of hydrogen-bond acceptors (Lipinski definition) is 3. The zero-order valence-electron chi connectivity index (χ0n) is 11.8. The van der Waals surface area contributed by atoms with E-state index in [9.17, 15) is 12.8 Å². The van der Waals surface area contributed by atoms with E-state index in [0.29, 0.717) is 11.3 Å². The van der Waals surface area contributed by atoms with Crippen molar-refractivity contribution in [1.82, 2.24) is 4.72 Å². The number of hydrogen-bond donors (Lipinski definition) is 1. The Kier molecular flexibility index (Phi) is 5.55. The van der Waals surface area contributed by atoms with E-state index >= 15 is 0 Å². The minimum absolute atomic E-state index is 0.0646. The maximum Gasteiger partial charge on any atom is 0.240 e. The molecule has 2 aromatic rings. The van der Waals surface area contributed by atoms with Crippen molar-refractivity contribution in [2.24, 2.45) is 0 Å². The minimum Gasteiger partial charge on any atom is -0.491 e. The normalized spacial score (nSPS) is 11.4. The van der Waals surface area contributed by atoms with Gasteiger partial charge in [0.2, 0.25) is 10.0 Å². The van der Waals surface area contributed by atoms with Crippen molar-refractivity contribution in [3.8, 4) is 5.75 Å². The fourth-order valence-electron chi connectivity index (χ4n) is 1.89. The average Bonchev–Trinajstić information content (AvgIpc) is 2.45. The Labute approximate surface area is 137 Å². The van der Waals surface area contributed by atoms with E-state index in [1.54, 1.807) is 13.0 Å². The van der Waals surface area contributed by atoms with Gasteiger partial charge in [-0.15, -0.1) is 0 Å². The monoisotopic (exact) mass is 387 g/mol. The van der Waals surface area contributed by atoms with Crippen molar-refractivity contribution in [1.29, 1.82) is 0 Å². The van der Waals surface area contributed by atoms with Crippen LogP contribution in [-0.2, 0) is 10.0 Å². The Balaban J connectivity index is 1.94. The molecule has 0 atom stereocenters. The van der Waals surface area contributed by atoms with Gasteiger partial charge in [-0.3, -0.25) is 0 Å². The number of aryl methyl sites for hydroxylation is 1. The molecule has 2 rings (SSSR count). The number of para-hydroxylation sites is 1. The summed E-state index contributed by atoms with van der Waals surface area (Å²) in [7, 11) is -3.68. The molecule has 118 valence electrons. The van der Waals surface area contributed by atoms with Crippen LogP contribution >= 0.6 is 15.9 Å². The van der Waals surface area contributed by atoms with Crippen LogP contribution in [0.15, 0.2) is 51.8 Å². The molecule has 0 saturated carbocycles. The van der Waals surface area contributed by atoms with E-state index in [-0.39, 0.29) is 18.0 Å². The summed E-state index contributed by atoms with van der Waals surface area (Å²) in [4.78, 5) is 0.0646. The average molecular weight is 388 g/mol. The first-order valence-electron chi connectivity index (χ1n) is 6.53. The van der Waals surface area contributed by atoms with Gasteiger partial charge in [-0.2, -0.15) is 0 Å². The topological polar surface area (TPSA) is 55.4 Å². The zero-order valence-corrected chi connectivity index (χ0v) is 14.2. The van der Waals surface area contributed by atoms with Gasteiger partial charge in [-0.1, -0.05) is 12.1 Å². The summed E-state index contributed by atoms with van der Waals surface area (Å²) in [6, 6.07) is 10.9. The van der Waals surface area contributed by atoms with Gasteiger partial charge >= 0.3 is 0 Å². The molecule has 1 N–H and O–H groups in total. The summed E-state index contributed by atoms with van der Waals surface area (Å²) in [5, 5.41) is 0. The molecular formula is C15H15BrFNO3S. The second-order valence-electron chi connectivity index (χ2n) is 4.59. The fourth-order valence-corrected chi connectivity index (χ4v) is 3.53. The van der Waals surface area contributed by atoms with Gasteiger partial charge in [0.15, 0.2) is 0 Å². The molecular weight excluding hydrogens is 373 g/mol. The first-order chi connectivity index (χ1) is 10.4. The highest BCUT2D eigenvalue weighted by atomic mass is 79.9. The highest BCUT2D eigenvalue weighted by molar-refractivity contribution is 9.10. The quantitative estimate of drug-likeness (QED) is 0.773. The number of sulfonamides is 1. The first kappa shape index (κ1) is 16.9. The van der Waals surface area contributed by atoms with Crippen LogP contribution in [0.4, 0.5) is 4.39 Å². The van der Waals surface area contributed by atoms with E-state index in [4.69, 9.17) is 4.74 Å². The second-order valence-corrected chi connectivity index (χ2v) is 7.18. The van der Waals surface area contributed by atoms with Crippen LogP contribution in [0.5, 0.6) is 5.75 Å². The minimum atomic E-state index is -3.68. The van der Waals surface area contributed by atoms with Crippen molar-refractivity contribution in [2.75, 3.05) is 13.2 Å². The Morgan fingerprint density at radius 2 is 1.95 bits per heavy atom. The Morgan fingerprint density at radius 3 is 2.64 bits per heavy atom. The third-order valence-electron chi connectivity index (χ3n) is 2.91. The fraction of sp³-hybridized carbons (Fsp3) is 0.200. The van der Waals surface area contributed by atoms with Gasteiger partial charge in [0.25, 0.3) is 0 Å². The van der Waals surface area contributed by atoms with Gasteiger partial charge < -0.3 is 4.74 Å². The lowest BCUT2D eigenvalue weighted by molar-refractivity contribution is 0.321. The molecule has 0 amide bonds. The number of halogens is 2. The third-order valence-corrected chi connectivity index (χ3v) is 5.19. The molecule has 4 nitrogen and oxygen atoms in total. The van der Waals surface area contributed by atoms with E-state index in [2.05, 4.69) is 20.7 Å². The van der Waals surface area contributed by atoms with Gasteiger partial charge in [0.05, 0.1) is 9.37 Å². The van der Waals surface area contributed by atoms with Gasteiger partial charge in [0.1, 0.15) is 18.2 Å². The third kappa shape index (κ3) is 4.28. The molecule has 0 bridgehead atoms. The van der Waals surface area contributed by atoms with Gasteiger partial charge in [-0.25, -0.2) is 17.5 Å². The largest absolute Gasteiger partial charge is 0.491 e. The van der Waals surface area contributed by atoms with Crippen LogP contribution < -0.4 is 9.46 Å². The van der Waals surface area contributed by atoms with Crippen LogP contribution in [0.2, 0.25) is 0 Å². The second kappa shape index (κ2) is 7.21. The predicted molar refractivity (Wildman–Crippen MR) is 86.0 cm³/mol. The maximum atomic E-state index is 13.0. The van der Waals surface area contributed by atoms with Crippen LogP contribution in [-0.4, -0.2) is 21.6 Å². The molecule has 22 heavy (non-hydrogen) atoms. The smallest absolute Gasteiger partial charge is 0.240 e. The molecule has 0 aliphatic heterocycles. The lowest BCUT2D eigenvalue weighted by Gasteiger charge is -2.11. The Morgan fingerprint density at radius 1 is 1.23 bits per heavy atom. The van der Waals surface area contributed by atoms with Crippen LogP contribution in [0, 0.1) is 12.7 Å². The summed E-state index contributed by atoms with van der Waals surface area (Å²) in [6.07, 6.45) is 0. The van der Waals surface area contributed by atoms with Crippen molar-refractivity contribution >= 4 is 26.0 Å². The van der Waals surface area contributed by atoms with Crippen LogP contribution in [0.3, 0.4) is 0 Å². The van der Waals surface area contributed by atoms with Crippen molar-refractivity contribution in [3.05, 3.63) is 58.3 Å². The van der Waals surface area contributed by atoms with E-state index < -0.39 is 15.8 Å². The van der Waals surface area contributed by atoms with E-state index in [1.165, 1.54) is 12.1 Å². The molecule has 0 unspecified atom stereocenters. The highest BCUT2D eigenvalue weighted by Gasteiger charge is 2.16. The molecule has 0 aliphatic carbocycles. The Bertz CT molecular complexity index is 765. The number of nitrogens with one attached hydrogen (secondary N) is 1. The summed E-state index contributed by atoms with van der Waals surface area (Å²) in [5.74, 6) is 0.174. The van der Waals surface area contributed by atoms with Crippen LogP contribution in [0.25, 0.3) is 0 Å². The first-order valence-corrected chi connectivity index (χ1v) is 8.81. The number of rotatable bonds is 6. The molecule has 0 aliphatic rings. The summed E-state index contributed by atoms with van der Waals surface area (Å²) in [5.41, 5.74) is 0.360. The predicted octanol–water partition coefficient (Wildman–Crippen LogP) is 3.25. The molecule has 0 fully saturated rings. The summed E-state index contributed by atoms with van der Waals surface area (Å²) >= 11 is 3.34. The number of benzene rings is 2. The maximum absolute atomic E-state index is 13.0. The van der Waals surface area contributed by atoms with Crippen molar-refractivity contribution in [2.45, 2.75) is 11.8 Å². The lowest BCUT2D eigenvalue weighted by atomic mass is 10.2. The molecule has 7 heteroatoms. The van der Waals surface area contributed by atoms with Gasteiger partial charge in [0, 0.05) is 6.54 Å². The molecule has 2 aromatic carbocycles. The molecule has 0 aromatic heterocycles. The standard InChI is InChI=1S/C15H15BrFNO3S/c1-11-10-12(17)6-7-15(11)22(19,20)18-8-9-21-14-5-3-2-4-13(14)16/h2-7,10,18H,8-9H2,1H3. The molecule has 0 radical (unpaired) electrons.